The quantitative estimate of drug-likeness (QED) is 0.279. The van der Waals surface area contributed by atoms with E-state index in [2.05, 4.69) is 17.0 Å². The van der Waals surface area contributed by atoms with Crippen LogP contribution in [0.4, 0.5) is 13.2 Å². The molecule has 0 N–H and O–H groups in total. The molecule has 0 unspecified atom stereocenters. The van der Waals surface area contributed by atoms with E-state index < -0.39 is 17.4 Å². The molecular weight excluding hydrogens is 505 g/mol. The number of aryl methyl sites for hydroxylation is 1. The number of piperidine rings is 1. The highest BCUT2D eigenvalue weighted by Gasteiger charge is 2.35. The number of alkyl halides is 3. The van der Waals surface area contributed by atoms with Crippen molar-refractivity contribution in [3.8, 4) is 5.69 Å². The summed E-state index contributed by atoms with van der Waals surface area (Å²) in [4.78, 5) is 15.8. The minimum atomic E-state index is -4.59. The Hall–Kier alpha value is -3.33. The number of likely N-dealkylation sites (tertiary alicyclic amines) is 1. The second kappa shape index (κ2) is 10.0. The van der Waals surface area contributed by atoms with Crippen LogP contribution in [0.5, 0.6) is 0 Å². The van der Waals surface area contributed by atoms with Crippen molar-refractivity contribution in [1.82, 2.24) is 19.0 Å². The molecule has 2 aliphatic rings. The van der Waals surface area contributed by atoms with E-state index in [0.29, 0.717) is 29.6 Å². The second-order valence-electron chi connectivity index (χ2n) is 11.4. The number of pyridine rings is 1. The fourth-order valence-corrected chi connectivity index (χ4v) is 6.32. The van der Waals surface area contributed by atoms with Crippen molar-refractivity contribution >= 4 is 5.52 Å². The number of benzene rings is 1. The highest BCUT2D eigenvalue weighted by molar-refractivity contribution is 5.58. The van der Waals surface area contributed by atoms with Gasteiger partial charge in [0, 0.05) is 37.0 Å². The molecule has 206 valence electrons. The molecule has 0 radical (unpaired) electrons. The van der Waals surface area contributed by atoms with Gasteiger partial charge in [-0.3, -0.25) is 13.9 Å². The van der Waals surface area contributed by atoms with Crippen LogP contribution in [0.2, 0.25) is 0 Å². The molecule has 0 bridgehead atoms. The lowest BCUT2D eigenvalue weighted by Gasteiger charge is -2.33. The molecule has 39 heavy (non-hydrogen) atoms. The third-order valence-electron chi connectivity index (χ3n) is 8.48. The Morgan fingerprint density at radius 1 is 1.13 bits per heavy atom. The zero-order chi connectivity index (χ0) is 27.3. The topological polar surface area (TPSA) is 55.7 Å². The molecule has 1 saturated heterocycles. The monoisotopic (exact) mass is 538 g/mol. The van der Waals surface area contributed by atoms with E-state index >= 15 is 0 Å². The molecular formula is C30H33F3N4O2. The van der Waals surface area contributed by atoms with Gasteiger partial charge in [-0.25, -0.2) is 4.79 Å². The number of halogens is 3. The van der Waals surface area contributed by atoms with Gasteiger partial charge in [-0.05, 0) is 80.3 Å². The van der Waals surface area contributed by atoms with Gasteiger partial charge >= 0.3 is 11.9 Å². The Labute approximate surface area is 225 Å². The lowest BCUT2D eigenvalue weighted by Crippen LogP contribution is -2.34. The van der Waals surface area contributed by atoms with Gasteiger partial charge in [-0.15, -0.1) is 0 Å². The summed E-state index contributed by atoms with van der Waals surface area (Å²) in [5.41, 5.74) is 2.40. The van der Waals surface area contributed by atoms with Gasteiger partial charge in [-0.1, -0.05) is 30.6 Å². The molecule has 1 aromatic carbocycles. The molecule has 2 atom stereocenters. The van der Waals surface area contributed by atoms with Gasteiger partial charge in [-0.2, -0.15) is 13.2 Å². The van der Waals surface area contributed by atoms with Crippen LogP contribution in [0.3, 0.4) is 0 Å². The SMILES string of the molecule is Cc1conc1[C@@H](c1cccc(-n2cc3c(C(F)(F)F)cc(CN4CCC[C@H](C)C4)cn3c2=O)c1)C1CCC1. The first-order valence-corrected chi connectivity index (χ1v) is 13.8. The Morgan fingerprint density at radius 3 is 2.62 bits per heavy atom. The number of aromatic nitrogens is 3. The maximum Gasteiger partial charge on any atom is 0.418 e. The summed E-state index contributed by atoms with van der Waals surface area (Å²) >= 11 is 0. The van der Waals surface area contributed by atoms with Crippen LogP contribution in [0.15, 0.2) is 58.3 Å². The summed E-state index contributed by atoms with van der Waals surface area (Å²) in [5.74, 6) is 0.922. The van der Waals surface area contributed by atoms with Gasteiger partial charge in [0.15, 0.2) is 0 Å². The van der Waals surface area contributed by atoms with Crippen molar-refractivity contribution in [2.24, 2.45) is 11.8 Å². The number of hydrogen-bond acceptors (Lipinski definition) is 4. The number of nitrogens with zero attached hydrogens (tertiary/aromatic N) is 4. The molecule has 1 aliphatic heterocycles. The van der Waals surface area contributed by atoms with E-state index in [1.165, 1.54) is 16.8 Å². The molecule has 6 nitrogen and oxygen atoms in total. The Balaban J connectivity index is 1.42. The van der Waals surface area contributed by atoms with Crippen LogP contribution in [-0.4, -0.2) is 32.1 Å². The van der Waals surface area contributed by atoms with Gasteiger partial charge in [0.1, 0.15) is 6.26 Å². The molecule has 6 rings (SSSR count). The van der Waals surface area contributed by atoms with Crippen LogP contribution in [0.1, 0.15) is 72.9 Å². The standard InChI is InChI=1S/C30H33F3N4O2/c1-19-6-5-11-35(14-19)15-21-12-25(30(31,32)33)26-17-36(29(38)37(26)16-21)24-10-4-9-23(13-24)27(22-7-3-8-22)28-20(2)18-39-34-28/h4,9-10,12-13,16-19,22,27H,3,5-8,11,14-15H2,1-2H3/t19-,27+/m0/s1. The normalized spacial score (nSPS) is 19.9. The zero-order valence-electron chi connectivity index (χ0n) is 22.2. The van der Waals surface area contributed by atoms with Crippen molar-refractivity contribution in [1.29, 1.82) is 0 Å². The molecule has 4 heterocycles. The highest BCUT2D eigenvalue weighted by atomic mass is 19.4. The lowest BCUT2D eigenvalue weighted by atomic mass is 9.71. The molecule has 4 aromatic rings. The van der Waals surface area contributed by atoms with Gasteiger partial charge in [0.05, 0.1) is 22.5 Å². The van der Waals surface area contributed by atoms with E-state index in [0.717, 1.165) is 66.4 Å². The summed E-state index contributed by atoms with van der Waals surface area (Å²) in [5, 5.41) is 4.27. The molecule has 0 spiro atoms. The molecule has 9 heteroatoms. The van der Waals surface area contributed by atoms with Crippen molar-refractivity contribution in [2.45, 2.75) is 64.6 Å². The third kappa shape index (κ3) is 4.93. The van der Waals surface area contributed by atoms with Crippen molar-refractivity contribution in [3.63, 3.8) is 0 Å². The first-order chi connectivity index (χ1) is 18.7. The number of imidazole rings is 1. The predicted octanol–water partition coefficient (Wildman–Crippen LogP) is 6.57. The Bertz CT molecular complexity index is 1550. The summed E-state index contributed by atoms with van der Waals surface area (Å²) in [6.07, 6.45) is 5.39. The summed E-state index contributed by atoms with van der Waals surface area (Å²) in [6.45, 7) is 6.20. The Kier molecular flexibility index (Phi) is 6.65. The third-order valence-corrected chi connectivity index (χ3v) is 8.48. The molecule has 2 fully saturated rings. The average Bonchev–Trinajstić information content (AvgIpc) is 3.43. The fraction of sp³-hybridized carbons (Fsp3) is 0.467. The fourth-order valence-electron chi connectivity index (χ4n) is 6.32. The van der Waals surface area contributed by atoms with Crippen LogP contribution < -0.4 is 5.69 Å². The van der Waals surface area contributed by atoms with Crippen LogP contribution >= 0.6 is 0 Å². The van der Waals surface area contributed by atoms with Gasteiger partial charge in [0.2, 0.25) is 0 Å². The van der Waals surface area contributed by atoms with Crippen LogP contribution in [0, 0.1) is 18.8 Å². The molecule has 0 amide bonds. The molecule has 1 saturated carbocycles. The predicted molar refractivity (Wildman–Crippen MR) is 142 cm³/mol. The maximum absolute atomic E-state index is 14.2. The minimum absolute atomic E-state index is 0.00876. The van der Waals surface area contributed by atoms with Gasteiger partial charge < -0.3 is 4.52 Å². The number of hydrogen-bond donors (Lipinski definition) is 0. The summed E-state index contributed by atoms with van der Waals surface area (Å²) < 4.78 is 50.4. The largest absolute Gasteiger partial charge is 0.418 e. The smallest absolute Gasteiger partial charge is 0.364 e. The molecule has 3 aromatic heterocycles. The van der Waals surface area contributed by atoms with E-state index in [-0.39, 0.29) is 11.4 Å². The number of fused-ring (bicyclic) bond motifs is 1. The number of rotatable bonds is 6. The first-order valence-electron chi connectivity index (χ1n) is 13.8. The Morgan fingerprint density at radius 2 is 1.95 bits per heavy atom. The highest BCUT2D eigenvalue weighted by Crippen LogP contribution is 2.44. The van der Waals surface area contributed by atoms with E-state index in [1.54, 1.807) is 18.5 Å². The van der Waals surface area contributed by atoms with Crippen LogP contribution in [0.25, 0.3) is 11.2 Å². The lowest BCUT2D eigenvalue weighted by molar-refractivity contribution is -0.136. The van der Waals surface area contributed by atoms with Crippen LogP contribution in [-0.2, 0) is 12.7 Å². The zero-order valence-corrected chi connectivity index (χ0v) is 22.2. The first kappa shape index (κ1) is 25.9. The molecule has 1 aliphatic carbocycles. The van der Waals surface area contributed by atoms with Crippen molar-refractivity contribution in [2.75, 3.05) is 13.1 Å². The average molecular weight is 539 g/mol. The van der Waals surface area contributed by atoms with Crippen molar-refractivity contribution in [3.05, 3.63) is 87.4 Å². The van der Waals surface area contributed by atoms with Gasteiger partial charge in [0.25, 0.3) is 0 Å². The van der Waals surface area contributed by atoms with Crippen molar-refractivity contribution < 1.29 is 17.7 Å². The minimum Gasteiger partial charge on any atom is -0.364 e. The summed E-state index contributed by atoms with van der Waals surface area (Å²) in [6, 6.07) is 8.73. The van der Waals surface area contributed by atoms with E-state index in [4.69, 9.17) is 4.52 Å². The van der Waals surface area contributed by atoms with E-state index in [9.17, 15) is 18.0 Å². The maximum atomic E-state index is 14.2. The summed E-state index contributed by atoms with van der Waals surface area (Å²) in [7, 11) is 0. The van der Waals surface area contributed by atoms with E-state index in [1.807, 2.05) is 25.1 Å². The second-order valence-corrected chi connectivity index (χ2v) is 11.4.